The molecule has 4 rings (SSSR count). The molecule has 2 aromatic rings. The van der Waals surface area contributed by atoms with E-state index in [1.165, 1.54) is 0 Å². The number of nitrogens with one attached hydrogen (secondary N) is 1. The van der Waals surface area contributed by atoms with Crippen LogP contribution in [0.2, 0.25) is 0 Å². The number of amides is 2. The van der Waals surface area contributed by atoms with Gasteiger partial charge in [-0.15, -0.1) is 0 Å². The van der Waals surface area contributed by atoms with E-state index < -0.39 is 5.60 Å². The van der Waals surface area contributed by atoms with E-state index in [4.69, 9.17) is 4.74 Å². The molecule has 2 amide bonds. The number of hydrogen-bond acceptors (Lipinski definition) is 6. The maximum absolute atomic E-state index is 12.9. The smallest absolute Gasteiger partial charge is 0.254 e. The van der Waals surface area contributed by atoms with Crippen LogP contribution < -0.4 is 4.72 Å². The zero-order valence-electron chi connectivity index (χ0n) is 18.3. The molecule has 8 heteroatoms. The molecule has 0 spiro atoms. The number of benzene rings is 2. The third-order valence-corrected chi connectivity index (χ3v) is 6.63. The fourth-order valence-corrected chi connectivity index (χ4v) is 4.39. The van der Waals surface area contributed by atoms with Gasteiger partial charge in [0.1, 0.15) is 5.60 Å². The van der Waals surface area contributed by atoms with Crippen molar-refractivity contribution in [1.82, 2.24) is 9.80 Å². The number of ether oxygens (including phenoxy) is 1. The van der Waals surface area contributed by atoms with Crippen LogP contribution in [0.3, 0.4) is 0 Å². The van der Waals surface area contributed by atoms with E-state index in [2.05, 4.69) is 10.8 Å². The SMILES string of the molecule is COCCSNc1cccc(-c2ccc(C(=O)N3CCN(C(=O)C4(O)CC4)CC3)cc2)c1. The van der Waals surface area contributed by atoms with Gasteiger partial charge in [0.15, 0.2) is 0 Å². The van der Waals surface area contributed by atoms with E-state index >= 15 is 0 Å². The van der Waals surface area contributed by atoms with Crippen molar-refractivity contribution in [2.75, 3.05) is 50.4 Å². The number of rotatable bonds is 8. The lowest BCUT2D eigenvalue weighted by molar-refractivity contribution is -0.143. The van der Waals surface area contributed by atoms with Gasteiger partial charge < -0.3 is 24.4 Å². The van der Waals surface area contributed by atoms with Crippen LogP contribution in [0.1, 0.15) is 23.2 Å². The minimum atomic E-state index is -1.14. The predicted octanol–water partition coefficient (Wildman–Crippen LogP) is 2.87. The molecule has 1 saturated heterocycles. The van der Waals surface area contributed by atoms with Gasteiger partial charge in [-0.2, -0.15) is 0 Å². The van der Waals surface area contributed by atoms with E-state index in [1.54, 1.807) is 28.9 Å². The van der Waals surface area contributed by atoms with Crippen LogP contribution >= 0.6 is 11.9 Å². The molecular weight excluding hydrogens is 426 g/mol. The molecule has 0 atom stereocenters. The van der Waals surface area contributed by atoms with Crippen molar-refractivity contribution in [2.24, 2.45) is 0 Å². The third kappa shape index (κ3) is 5.26. The highest BCUT2D eigenvalue weighted by molar-refractivity contribution is 8.00. The van der Waals surface area contributed by atoms with Crippen molar-refractivity contribution in [3.63, 3.8) is 0 Å². The van der Waals surface area contributed by atoms with Gasteiger partial charge in [-0.3, -0.25) is 9.59 Å². The summed E-state index contributed by atoms with van der Waals surface area (Å²) in [5.74, 6) is 0.641. The Morgan fingerprint density at radius 2 is 1.72 bits per heavy atom. The van der Waals surface area contributed by atoms with E-state index in [0.717, 1.165) is 22.6 Å². The lowest BCUT2D eigenvalue weighted by atomic mass is 10.0. The molecule has 2 aliphatic rings. The molecule has 1 aliphatic carbocycles. The number of aliphatic hydroxyl groups is 1. The van der Waals surface area contributed by atoms with Crippen LogP contribution in [-0.4, -0.2) is 78.0 Å². The Balaban J connectivity index is 1.33. The molecule has 0 bridgehead atoms. The van der Waals surface area contributed by atoms with Gasteiger partial charge in [-0.1, -0.05) is 36.2 Å². The number of methoxy groups -OCH3 is 1. The Morgan fingerprint density at radius 1 is 1.03 bits per heavy atom. The van der Waals surface area contributed by atoms with Crippen LogP contribution in [0.4, 0.5) is 5.69 Å². The maximum atomic E-state index is 12.9. The van der Waals surface area contributed by atoms with Crippen LogP contribution in [0.5, 0.6) is 0 Å². The molecule has 7 nitrogen and oxygen atoms in total. The molecule has 2 fully saturated rings. The van der Waals surface area contributed by atoms with E-state index in [1.807, 2.05) is 42.5 Å². The molecule has 0 radical (unpaired) electrons. The van der Waals surface area contributed by atoms with Crippen molar-refractivity contribution >= 4 is 29.4 Å². The quantitative estimate of drug-likeness (QED) is 0.471. The lowest BCUT2D eigenvalue weighted by Crippen LogP contribution is -2.53. The van der Waals surface area contributed by atoms with Crippen molar-refractivity contribution in [3.05, 3.63) is 54.1 Å². The van der Waals surface area contributed by atoms with Crippen molar-refractivity contribution in [3.8, 4) is 11.1 Å². The fraction of sp³-hybridized carbons (Fsp3) is 0.417. The molecule has 2 aromatic carbocycles. The molecule has 170 valence electrons. The van der Waals surface area contributed by atoms with Crippen LogP contribution in [0, 0.1) is 0 Å². The Labute approximate surface area is 192 Å². The molecule has 32 heavy (non-hydrogen) atoms. The summed E-state index contributed by atoms with van der Waals surface area (Å²) < 4.78 is 8.38. The molecule has 1 aliphatic heterocycles. The molecule has 2 N–H and O–H groups in total. The first kappa shape index (κ1) is 22.6. The molecule has 1 saturated carbocycles. The summed E-state index contributed by atoms with van der Waals surface area (Å²) in [5.41, 5.74) is 2.63. The van der Waals surface area contributed by atoms with Gasteiger partial charge in [0.2, 0.25) is 0 Å². The van der Waals surface area contributed by atoms with Gasteiger partial charge in [0.25, 0.3) is 11.8 Å². The molecular formula is C24H29N3O4S. The summed E-state index contributed by atoms with van der Waals surface area (Å²) in [5, 5.41) is 10.0. The van der Waals surface area contributed by atoms with Crippen LogP contribution in [0.15, 0.2) is 48.5 Å². The summed E-state index contributed by atoms with van der Waals surface area (Å²) in [6, 6.07) is 15.8. The second kappa shape index (κ2) is 9.94. The summed E-state index contributed by atoms with van der Waals surface area (Å²) >= 11 is 1.60. The van der Waals surface area contributed by atoms with Gasteiger partial charge in [0.05, 0.1) is 6.61 Å². The number of nitrogens with zero attached hydrogens (tertiary/aromatic N) is 2. The van der Waals surface area contributed by atoms with E-state index in [9.17, 15) is 14.7 Å². The normalized spacial score (nSPS) is 17.2. The number of anilines is 1. The minimum absolute atomic E-state index is 0.0289. The van der Waals surface area contributed by atoms with Crippen LogP contribution in [0.25, 0.3) is 11.1 Å². The summed E-state index contributed by atoms with van der Waals surface area (Å²) in [6.07, 6.45) is 1.09. The summed E-state index contributed by atoms with van der Waals surface area (Å²) in [7, 11) is 1.69. The first-order chi connectivity index (χ1) is 15.5. The highest BCUT2D eigenvalue weighted by atomic mass is 32.2. The number of carbonyl (C=O) groups excluding carboxylic acids is 2. The Hall–Kier alpha value is -2.55. The van der Waals surface area contributed by atoms with Gasteiger partial charge >= 0.3 is 0 Å². The lowest BCUT2D eigenvalue weighted by Gasteiger charge is -2.35. The Morgan fingerprint density at radius 3 is 2.38 bits per heavy atom. The largest absolute Gasteiger partial charge is 0.384 e. The van der Waals surface area contributed by atoms with E-state index in [0.29, 0.717) is 51.2 Å². The second-order valence-electron chi connectivity index (χ2n) is 8.22. The van der Waals surface area contributed by atoms with Gasteiger partial charge in [-0.05, 0) is 48.2 Å². The van der Waals surface area contributed by atoms with Crippen molar-refractivity contribution < 1.29 is 19.4 Å². The number of carbonyl (C=O) groups is 2. The zero-order valence-corrected chi connectivity index (χ0v) is 19.1. The van der Waals surface area contributed by atoms with Gasteiger partial charge in [-0.25, -0.2) is 0 Å². The molecule has 0 aromatic heterocycles. The van der Waals surface area contributed by atoms with Crippen molar-refractivity contribution in [1.29, 1.82) is 0 Å². The topological polar surface area (TPSA) is 82.1 Å². The fourth-order valence-electron chi connectivity index (χ4n) is 3.75. The standard InChI is InChI=1S/C24H29N3O4S/c1-31-15-16-32-25-21-4-2-3-20(17-21)18-5-7-19(8-6-18)22(28)26-11-13-27(14-12-26)23(29)24(30)9-10-24/h2-8,17,25,30H,9-16H2,1H3. The zero-order chi connectivity index (χ0) is 22.6. The highest BCUT2D eigenvalue weighted by Gasteiger charge is 2.50. The first-order valence-corrected chi connectivity index (χ1v) is 11.9. The Kier molecular flexibility index (Phi) is 7.03. The van der Waals surface area contributed by atoms with Crippen LogP contribution in [-0.2, 0) is 9.53 Å². The monoisotopic (exact) mass is 455 g/mol. The summed E-state index contributed by atoms with van der Waals surface area (Å²) in [4.78, 5) is 28.6. The molecule has 1 heterocycles. The summed E-state index contributed by atoms with van der Waals surface area (Å²) in [6.45, 7) is 2.59. The molecule has 0 unspecified atom stereocenters. The highest BCUT2D eigenvalue weighted by Crippen LogP contribution is 2.37. The second-order valence-corrected chi connectivity index (χ2v) is 9.12. The van der Waals surface area contributed by atoms with E-state index in [-0.39, 0.29) is 11.8 Å². The third-order valence-electron chi connectivity index (χ3n) is 5.88. The number of piperazine rings is 1. The van der Waals surface area contributed by atoms with Crippen molar-refractivity contribution in [2.45, 2.75) is 18.4 Å². The average molecular weight is 456 g/mol. The Bertz CT molecular complexity index is 954. The maximum Gasteiger partial charge on any atom is 0.254 e. The number of hydrogen-bond donors (Lipinski definition) is 2. The predicted molar refractivity (Wildman–Crippen MR) is 127 cm³/mol. The van der Waals surface area contributed by atoms with Gasteiger partial charge in [0, 0.05) is 50.3 Å². The first-order valence-electron chi connectivity index (χ1n) is 10.9. The minimum Gasteiger partial charge on any atom is -0.384 e. The average Bonchev–Trinajstić information content (AvgIpc) is 3.60.